The van der Waals surface area contributed by atoms with E-state index in [0.717, 1.165) is 0 Å². The summed E-state index contributed by atoms with van der Waals surface area (Å²) in [4.78, 5) is 58.8. The molecule has 2 atom stereocenters. The Morgan fingerprint density at radius 2 is 0.758 bits per heavy atom. The summed E-state index contributed by atoms with van der Waals surface area (Å²) < 4.78 is 1.42. The van der Waals surface area contributed by atoms with Gasteiger partial charge in [-0.05, 0) is 88.1 Å². The molecule has 4 aromatic rings. The van der Waals surface area contributed by atoms with Gasteiger partial charge in [0.2, 0.25) is 0 Å². The Balaban J connectivity index is 0.000000823. The molecule has 4 N–H and O–H groups in total. The first-order chi connectivity index (χ1) is 28.9. The molecular weight excluding hydrogens is 884 g/mol. The van der Waals surface area contributed by atoms with Crippen molar-refractivity contribution in [1.82, 2.24) is 19.9 Å². The molecule has 15 nitrogen and oxygen atoms in total. The van der Waals surface area contributed by atoms with E-state index in [0.29, 0.717) is 0 Å². The molecule has 0 aliphatic heterocycles. The van der Waals surface area contributed by atoms with Crippen molar-refractivity contribution in [3.05, 3.63) is 95.6 Å². The van der Waals surface area contributed by atoms with E-state index in [4.69, 9.17) is 20.4 Å². The molecule has 0 aliphatic rings. The van der Waals surface area contributed by atoms with Crippen LogP contribution in [0.2, 0.25) is 0 Å². The van der Waals surface area contributed by atoms with Gasteiger partial charge in [0, 0.05) is 61.3 Å². The third-order valence-electron chi connectivity index (χ3n) is 10.00. The summed E-state index contributed by atoms with van der Waals surface area (Å²) in [6.07, 6.45) is 15.5. The molecule has 0 saturated heterocycles. The number of carbonyl (C=O) groups is 4. The zero-order valence-corrected chi connectivity index (χ0v) is 38.7. The third kappa shape index (κ3) is 21.2. The minimum Gasteiger partial charge on any atom is -0.545 e. The zero-order chi connectivity index (χ0) is 46.0. The van der Waals surface area contributed by atoms with Crippen LogP contribution in [0.4, 0.5) is 0 Å². The number of hydrogen-bond acceptors (Lipinski definition) is 12. The van der Waals surface area contributed by atoms with Crippen LogP contribution in [0.25, 0.3) is 22.8 Å². The summed E-state index contributed by atoms with van der Waals surface area (Å²) in [5.74, 6) is -4.85. The van der Waals surface area contributed by atoms with Crippen molar-refractivity contribution < 1.29 is 73.8 Å². The SMILES string of the molecule is CC(O)C(C)C(C)O.CCCC[N+](CCCC)(CCCC)CCCC.O=C([O-])c1ccnc(-c2cc(C(=O)O)ccn2)c1.O=C([O-])c1ccnc(-c2cc(C(=O)O)ccn2)c1.[Ru]. The summed E-state index contributed by atoms with van der Waals surface area (Å²) in [5.41, 5.74) is 1.17. The maximum absolute atomic E-state index is 10.8. The topological polar surface area (TPSA) is 247 Å². The molecule has 0 saturated carbocycles. The van der Waals surface area contributed by atoms with Crippen LogP contribution >= 0.6 is 0 Å². The van der Waals surface area contributed by atoms with Crippen LogP contribution in [0.5, 0.6) is 0 Å². The fourth-order valence-electron chi connectivity index (χ4n) is 5.85. The molecular formula is C46H64N5O10Ru-. The fraction of sp³-hybridized carbons (Fsp3) is 0.478. The molecule has 4 aromatic heterocycles. The Morgan fingerprint density at radius 3 is 0.952 bits per heavy atom. The number of aromatic nitrogens is 4. The molecule has 62 heavy (non-hydrogen) atoms. The molecule has 2 unspecified atom stereocenters. The molecule has 0 radical (unpaired) electrons. The van der Waals surface area contributed by atoms with Gasteiger partial charge in [0.05, 0.1) is 84.2 Å². The van der Waals surface area contributed by atoms with Crippen molar-refractivity contribution in [3.63, 3.8) is 0 Å². The Bertz CT molecular complexity index is 1680. The third-order valence-corrected chi connectivity index (χ3v) is 10.00. The molecule has 4 heterocycles. The molecule has 0 fully saturated rings. The first-order valence-corrected chi connectivity index (χ1v) is 20.9. The number of hydrogen-bond donors (Lipinski definition) is 4. The molecule has 342 valence electrons. The van der Waals surface area contributed by atoms with Gasteiger partial charge in [-0.3, -0.25) is 19.9 Å². The van der Waals surface area contributed by atoms with Gasteiger partial charge in [-0.15, -0.1) is 0 Å². The number of aromatic carboxylic acids is 4. The number of carboxylic acid groups (broad SMARTS) is 4. The number of carboxylic acids is 4. The standard InChI is InChI=1S/C16H36N.2C12H8N2O4.C6H14O2.Ru/c1-5-9-13-17(14-10-6-2,15-11-7-3)16-12-8-4;2*15-11(16)7-1-3-13-9(5-7)10-6-8(12(17)18)2-4-14-10;1-4(5(2)7)6(3)8;/h5-16H2,1-4H3;2*1-6H,(H,15,16)(H,17,18);4-8H,1-3H3;/q+1;;;;/p-2. The average molecular weight is 948 g/mol. The summed E-state index contributed by atoms with van der Waals surface area (Å²) in [6.45, 7) is 20.2. The van der Waals surface area contributed by atoms with Crippen LogP contribution in [0.3, 0.4) is 0 Å². The Labute approximate surface area is 378 Å². The number of rotatable bonds is 20. The maximum Gasteiger partial charge on any atom is 0.335 e. The van der Waals surface area contributed by atoms with Gasteiger partial charge in [0.15, 0.2) is 0 Å². The molecule has 0 spiro atoms. The second-order valence-electron chi connectivity index (χ2n) is 14.9. The van der Waals surface area contributed by atoms with E-state index in [1.807, 2.05) is 6.92 Å². The number of carbonyl (C=O) groups excluding carboxylic acids is 2. The number of aliphatic hydroxyl groups excluding tert-OH is 2. The normalized spacial score (nSPS) is 12.0. The maximum atomic E-state index is 10.8. The Hall–Kier alpha value is -5.02. The van der Waals surface area contributed by atoms with E-state index < -0.39 is 36.1 Å². The first-order valence-electron chi connectivity index (χ1n) is 20.9. The van der Waals surface area contributed by atoms with Crippen molar-refractivity contribution in [2.45, 2.75) is 112 Å². The molecule has 16 heteroatoms. The minimum atomic E-state index is -1.33. The summed E-state index contributed by atoms with van der Waals surface area (Å²) in [7, 11) is 0. The van der Waals surface area contributed by atoms with Gasteiger partial charge in [-0.2, -0.15) is 0 Å². The Kier molecular flexibility index (Phi) is 28.4. The Morgan fingerprint density at radius 1 is 0.516 bits per heavy atom. The second-order valence-corrected chi connectivity index (χ2v) is 14.9. The summed E-state index contributed by atoms with van der Waals surface area (Å²) in [6, 6.07) is 10.5. The van der Waals surface area contributed by atoms with Crippen LogP contribution < -0.4 is 10.2 Å². The summed E-state index contributed by atoms with van der Waals surface area (Å²) in [5, 5.41) is 56.8. The quantitative estimate of drug-likeness (QED) is 0.0605. The number of aliphatic hydroxyl groups is 2. The first kappa shape index (κ1) is 57.0. The predicted molar refractivity (Wildman–Crippen MR) is 229 cm³/mol. The van der Waals surface area contributed by atoms with Gasteiger partial charge in [-0.25, -0.2) is 9.59 Å². The van der Waals surface area contributed by atoms with Crippen molar-refractivity contribution in [3.8, 4) is 22.8 Å². The molecule has 0 bridgehead atoms. The largest absolute Gasteiger partial charge is 0.545 e. The van der Waals surface area contributed by atoms with Crippen molar-refractivity contribution in [1.29, 1.82) is 0 Å². The molecule has 0 aromatic carbocycles. The molecule has 4 rings (SSSR count). The van der Waals surface area contributed by atoms with Crippen LogP contribution in [0.15, 0.2) is 73.3 Å². The minimum absolute atomic E-state index is 0. The zero-order valence-electron chi connectivity index (χ0n) is 37.0. The van der Waals surface area contributed by atoms with Crippen LogP contribution in [0.1, 0.15) is 141 Å². The number of quaternary nitrogens is 1. The van der Waals surface area contributed by atoms with E-state index in [-0.39, 0.29) is 70.4 Å². The number of unbranched alkanes of at least 4 members (excludes halogenated alkanes) is 4. The number of nitrogens with zero attached hydrogens (tertiary/aromatic N) is 5. The average Bonchev–Trinajstić information content (AvgIpc) is 3.26. The fourth-order valence-corrected chi connectivity index (χ4v) is 5.85. The van der Waals surface area contributed by atoms with E-state index >= 15 is 0 Å². The predicted octanol–water partition coefficient (Wildman–Crippen LogP) is 5.80. The second kappa shape index (κ2) is 30.9. The van der Waals surface area contributed by atoms with Crippen LogP contribution in [-0.2, 0) is 19.5 Å². The van der Waals surface area contributed by atoms with Crippen molar-refractivity contribution in [2.24, 2.45) is 5.92 Å². The van der Waals surface area contributed by atoms with Gasteiger partial charge < -0.3 is 44.7 Å². The van der Waals surface area contributed by atoms with E-state index in [9.17, 15) is 29.4 Å². The van der Waals surface area contributed by atoms with E-state index in [1.54, 1.807) is 13.8 Å². The van der Waals surface area contributed by atoms with Crippen molar-refractivity contribution >= 4 is 23.9 Å². The molecule has 0 aliphatic carbocycles. The van der Waals surface area contributed by atoms with Crippen LogP contribution in [-0.4, -0.2) is 107 Å². The monoisotopic (exact) mass is 948 g/mol. The van der Waals surface area contributed by atoms with Crippen LogP contribution in [0, 0.1) is 5.92 Å². The smallest absolute Gasteiger partial charge is 0.335 e. The van der Waals surface area contributed by atoms with Crippen molar-refractivity contribution in [2.75, 3.05) is 26.2 Å². The summed E-state index contributed by atoms with van der Waals surface area (Å²) >= 11 is 0. The number of pyridine rings is 4. The van der Waals surface area contributed by atoms with E-state index in [2.05, 4.69) is 47.6 Å². The van der Waals surface area contributed by atoms with Gasteiger partial charge in [0.25, 0.3) is 0 Å². The van der Waals surface area contributed by atoms with Gasteiger partial charge in [-0.1, -0.05) is 60.3 Å². The van der Waals surface area contributed by atoms with E-state index in [1.165, 1.54) is 155 Å². The molecule has 0 amide bonds. The van der Waals surface area contributed by atoms with Gasteiger partial charge in [0.1, 0.15) is 0 Å². The van der Waals surface area contributed by atoms with Gasteiger partial charge >= 0.3 is 11.9 Å².